The minimum Gasteiger partial charge on any atom is -0.361 e. The average Bonchev–Trinajstić information content (AvgIpc) is 3.40. The van der Waals surface area contributed by atoms with Gasteiger partial charge in [0.05, 0.1) is 5.69 Å². The van der Waals surface area contributed by atoms with Gasteiger partial charge in [-0.25, -0.2) is 0 Å². The van der Waals surface area contributed by atoms with Crippen LogP contribution in [0.25, 0.3) is 11.3 Å². The van der Waals surface area contributed by atoms with Gasteiger partial charge in [-0.15, -0.1) is 0 Å². The van der Waals surface area contributed by atoms with E-state index in [1.165, 1.54) is 0 Å². The normalized spacial score (nSPS) is 13.6. The Morgan fingerprint density at radius 3 is 2.52 bits per heavy atom. The van der Waals surface area contributed by atoms with Crippen LogP contribution in [-0.2, 0) is 16.0 Å². The van der Waals surface area contributed by atoms with Crippen molar-refractivity contribution in [3.8, 4) is 11.3 Å². The molecule has 31 heavy (non-hydrogen) atoms. The Balaban J connectivity index is 1.34. The molecule has 7 heteroatoms. The van der Waals surface area contributed by atoms with Gasteiger partial charge in [0.1, 0.15) is 11.5 Å². The summed E-state index contributed by atoms with van der Waals surface area (Å²) in [5, 5.41) is 4.11. The van der Waals surface area contributed by atoms with Crippen molar-refractivity contribution in [3.05, 3.63) is 72.0 Å². The number of aryl methyl sites for hydroxylation is 1. The van der Waals surface area contributed by atoms with Crippen LogP contribution in [0.1, 0.15) is 35.4 Å². The maximum atomic E-state index is 12.8. The molecule has 1 aliphatic heterocycles. The molecule has 0 bridgehead atoms. The lowest BCUT2D eigenvalue weighted by Gasteiger charge is -2.19. The van der Waals surface area contributed by atoms with E-state index in [-0.39, 0.29) is 30.6 Å². The predicted molar refractivity (Wildman–Crippen MR) is 115 cm³/mol. The summed E-state index contributed by atoms with van der Waals surface area (Å²) >= 11 is 0. The molecule has 0 unspecified atom stereocenters. The third-order valence-corrected chi connectivity index (χ3v) is 5.29. The molecule has 3 amide bonds. The Morgan fingerprint density at radius 1 is 1.03 bits per heavy atom. The lowest BCUT2D eigenvalue weighted by molar-refractivity contribution is -0.121. The SMILES string of the molecule is CN(CCCc1cc(-c2ccccc2)no1)C(=O)c1cccc(N2C(=O)CCC2=O)c1. The van der Waals surface area contributed by atoms with E-state index in [4.69, 9.17) is 4.52 Å². The Labute approximate surface area is 180 Å². The van der Waals surface area contributed by atoms with Gasteiger partial charge < -0.3 is 9.42 Å². The van der Waals surface area contributed by atoms with Crippen molar-refractivity contribution in [1.82, 2.24) is 10.1 Å². The molecule has 158 valence electrons. The largest absolute Gasteiger partial charge is 0.361 e. The van der Waals surface area contributed by atoms with Gasteiger partial charge in [0.15, 0.2) is 0 Å². The number of benzene rings is 2. The summed E-state index contributed by atoms with van der Waals surface area (Å²) in [5.41, 5.74) is 2.68. The van der Waals surface area contributed by atoms with Crippen molar-refractivity contribution in [2.75, 3.05) is 18.5 Å². The number of carbonyl (C=O) groups excluding carboxylic acids is 3. The summed E-state index contributed by atoms with van der Waals surface area (Å²) in [7, 11) is 1.73. The molecule has 0 N–H and O–H groups in total. The summed E-state index contributed by atoms with van der Waals surface area (Å²) in [5.74, 6) is 0.144. The summed E-state index contributed by atoms with van der Waals surface area (Å²) in [6.07, 6.45) is 1.80. The molecule has 2 heterocycles. The minimum absolute atomic E-state index is 0.163. The second-order valence-electron chi connectivity index (χ2n) is 7.55. The highest BCUT2D eigenvalue weighted by molar-refractivity contribution is 6.20. The van der Waals surface area contributed by atoms with E-state index in [1.54, 1.807) is 36.2 Å². The quantitative estimate of drug-likeness (QED) is 0.548. The third-order valence-electron chi connectivity index (χ3n) is 5.29. The highest BCUT2D eigenvalue weighted by Crippen LogP contribution is 2.24. The Morgan fingerprint density at radius 2 is 1.77 bits per heavy atom. The topological polar surface area (TPSA) is 83.7 Å². The number of amides is 3. The van der Waals surface area contributed by atoms with Crippen molar-refractivity contribution in [2.45, 2.75) is 25.7 Å². The first kappa shape index (κ1) is 20.5. The van der Waals surface area contributed by atoms with Crippen LogP contribution in [0.2, 0.25) is 0 Å². The number of rotatable bonds is 7. The van der Waals surface area contributed by atoms with Gasteiger partial charge in [0.2, 0.25) is 11.8 Å². The molecular weight excluding hydrogens is 394 g/mol. The van der Waals surface area contributed by atoms with Gasteiger partial charge in [0, 0.05) is 50.0 Å². The zero-order chi connectivity index (χ0) is 21.8. The number of imide groups is 1. The summed E-state index contributed by atoms with van der Waals surface area (Å²) in [6, 6.07) is 18.4. The van der Waals surface area contributed by atoms with Crippen LogP contribution in [0.3, 0.4) is 0 Å². The average molecular weight is 417 g/mol. The lowest BCUT2D eigenvalue weighted by atomic mass is 10.1. The number of hydrogen-bond acceptors (Lipinski definition) is 5. The van der Waals surface area contributed by atoms with Gasteiger partial charge in [-0.05, 0) is 24.6 Å². The monoisotopic (exact) mass is 417 g/mol. The molecule has 1 fully saturated rings. The third kappa shape index (κ3) is 4.55. The van der Waals surface area contributed by atoms with E-state index in [0.717, 1.165) is 21.9 Å². The Kier molecular flexibility index (Phi) is 5.93. The second kappa shape index (κ2) is 8.95. The van der Waals surface area contributed by atoms with Crippen LogP contribution >= 0.6 is 0 Å². The Bertz CT molecular complexity index is 1090. The van der Waals surface area contributed by atoms with Crippen molar-refractivity contribution < 1.29 is 18.9 Å². The van der Waals surface area contributed by atoms with E-state index >= 15 is 0 Å². The van der Waals surface area contributed by atoms with Gasteiger partial charge in [-0.2, -0.15) is 0 Å². The predicted octanol–water partition coefficient (Wildman–Crippen LogP) is 3.70. The molecule has 0 radical (unpaired) electrons. The molecule has 0 atom stereocenters. The summed E-state index contributed by atoms with van der Waals surface area (Å²) in [4.78, 5) is 39.5. The Hall–Kier alpha value is -3.74. The maximum absolute atomic E-state index is 12.8. The first-order valence-electron chi connectivity index (χ1n) is 10.3. The van der Waals surface area contributed by atoms with Gasteiger partial charge >= 0.3 is 0 Å². The van der Waals surface area contributed by atoms with Gasteiger partial charge in [-0.1, -0.05) is 41.6 Å². The molecule has 0 aliphatic carbocycles. The molecule has 3 aromatic rings. The fourth-order valence-electron chi connectivity index (χ4n) is 3.63. The fraction of sp³-hybridized carbons (Fsp3) is 0.250. The van der Waals surface area contributed by atoms with E-state index in [0.29, 0.717) is 30.6 Å². The van der Waals surface area contributed by atoms with E-state index in [9.17, 15) is 14.4 Å². The molecular formula is C24H23N3O4. The molecule has 1 aliphatic rings. The number of nitrogens with zero attached hydrogens (tertiary/aromatic N) is 3. The highest BCUT2D eigenvalue weighted by atomic mass is 16.5. The number of anilines is 1. The fourth-order valence-corrected chi connectivity index (χ4v) is 3.63. The van der Waals surface area contributed by atoms with Crippen LogP contribution in [0.5, 0.6) is 0 Å². The van der Waals surface area contributed by atoms with Crippen molar-refractivity contribution >= 4 is 23.4 Å². The number of aromatic nitrogens is 1. The second-order valence-corrected chi connectivity index (χ2v) is 7.55. The van der Waals surface area contributed by atoms with Crippen LogP contribution in [0.4, 0.5) is 5.69 Å². The first-order valence-corrected chi connectivity index (χ1v) is 10.3. The summed E-state index contributed by atoms with van der Waals surface area (Å²) in [6.45, 7) is 0.534. The van der Waals surface area contributed by atoms with E-state index < -0.39 is 0 Å². The van der Waals surface area contributed by atoms with E-state index in [1.807, 2.05) is 36.4 Å². The van der Waals surface area contributed by atoms with Crippen molar-refractivity contribution in [1.29, 1.82) is 0 Å². The molecule has 2 aromatic carbocycles. The molecule has 7 nitrogen and oxygen atoms in total. The lowest BCUT2D eigenvalue weighted by Crippen LogP contribution is -2.30. The number of carbonyl (C=O) groups is 3. The molecule has 1 aromatic heterocycles. The van der Waals surface area contributed by atoms with Crippen molar-refractivity contribution in [2.24, 2.45) is 0 Å². The highest BCUT2D eigenvalue weighted by Gasteiger charge is 2.30. The van der Waals surface area contributed by atoms with Crippen LogP contribution < -0.4 is 4.90 Å². The molecule has 0 saturated carbocycles. The smallest absolute Gasteiger partial charge is 0.253 e. The van der Waals surface area contributed by atoms with E-state index in [2.05, 4.69) is 5.16 Å². The van der Waals surface area contributed by atoms with Crippen molar-refractivity contribution in [3.63, 3.8) is 0 Å². The van der Waals surface area contributed by atoms with Gasteiger partial charge in [-0.3, -0.25) is 19.3 Å². The minimum atomic E-state index is -0.232. The van der Waals surface area contributed by atoms with Crippen LogP contribution in [0.15, 0.2) is 65.2 Å². The standard InChI is InChI=1S/C24H23N3O4/c1-26(14-6-11-20-16-21(25-31-20)17-7-3-2-4-8-17)24(30)18-9-5-10-19(15-18)27-22(28)12-13-23(27)29/h2-5,7-10,15-16H,6,11-14H2,1H3. The zero-order valence-corrected chi connectivity index (χ0v) is 17.3. The van der Waals surface area contributed by atoms with Crippen LogP contribution in [-0.4, -0.2) is 41.4 Å². The summed E-state index contributed by atoms with van der Waals surface area (Å²) < 4.78 is 5.42. The van der Waals surface area contributed by atoms with Crippen LogP contribution in [0, 0.1) is 0 Å². The van der Waals surface area contributed by atoms with Gasteiger partial charge in [0.25, 0.3) is 5.91 Å². The molecule has 0 spiro atoms. The first-order chi connectivity index (χ1) is 15.0. The molecule has 1 saturated heterocycles. The molecule has 4 rings (SSSR count). The zero-order valence-electron chi connectivity index (χ0n) is 17.3. The number of hydrogen-bond donors (Lipinski definition) is 0. The maximum Gasteiger partial charge on any atom is 0.253 e.